The van der Waals surface area contributed by atoms with Crippen LogP contribution in [-0.4, -0.2) is 32.8 Å². The molecule has 8 heteroatoms. The predicted octanol–water partition coefficient (Wildman–Crippen LogP) is 2.49. The Bertz CT molecular complexity index is 724. The number of hydrogen-bond donors (Lipinski definition) is 3. The van der Waals surface area contributed by atoms with Gasteiger partial charge in [-0.25, -0.2) is 14.0 Å². The first-order chi connectivity index (χ1) is 10.7. The highest BCUT2D eigenvalue weighted by atomic mass is 35.5. The fourth-order valence-corrected chi connectivity index (χ4v) is 2.04. The van der Waals surface area contributed by atoms with E-state index in [2.05, 4.69) is 0 Å². The SMILES string of the molecule is C[C@@H](N)Cn1ccc2c(Cl)c(F)ccc21.O=C(O)C=CC(=O)O. The molecule has 1 aromatic heterocycles. The van der Waals surface area contributed by atoms with Crippen molar-refractivity contribution in [3.8, 4) is 0 Å². The van der Waals surface area contributed by atoms with E-state index in [9.17, 15) is 14.0 Å². The van der Waals surface area contributed by atoms with E-state index in [0.29, 0.717) is 18.7 Å². The molecule has 1 heterocycles. The van der Waals surface area contributed by atoms with E-state index in [1.807, 2.05) is 23.8 Å². The third-order valence-electron chi connectivity index (χ3n) is 2.69. The highest BCUT2D eigenvalue weighted by molar-refractivity contribution is 6.35. The molecule has 6 nitrogen and oxygen atoms in total. The zero-order valence-electron chi connectivity index (χ0n) is 12.2. The smallest absolute Gasteiger partial charge is 0.328 e. The first-order valence-electron chi connectivity index (χ1n) is 6.54. The molecule has 1 aromatic carbocycles. The minimum atomic E-state index is -1.26. The Morgan fingerprint density at radius 2 is 1.87 bits per heavy atom. The highest BCUT2D eigenvalue weighted by Crippen LogP contribution is 2.27. The third-order valence-corrected chi connectivity index (χ3v) is 3.08. The van der Waals surface area contributed by atoms with Gasteiger partial charge in [0.05, 0.1) is 5.02 Å². The first-order valence-corrected chi connectivity index (χ1v) is 6.92. The summed E-state index contributed by atoms with van der Waals surface area (Å²) in [6, 6.07) is 4.97. The second-order valence-corrected chi connectivity index (χ2v) is 5.13. The second kappa shape index (κ2) is 8.30. The van der Waals surface area contributed by atoms with Crippen molar-refractivity contribution in [1.29, 1.82) is 0 Å². The van der Waals surface area contributed by atoms with Crippen molar-refractivity contribution in [3.05, 3.63) is 47.4 Å². The molecule has 2 rings (SSSR count). The van der Waals surface area contributed by atoms with Crippen LogP contribution >= 0.6 is 11.6 Å². The number of hydrogen-bond acceptors (Lipinski definition) is 3. The van der Waals surface area contributed by atoms with Gasteiger partial charge in [0.15, 0.2) is 0 Å². The van der Waals surface area contributed by atoms with Crippen LogP contribution in [0.1, 0.15) is 6.92 Å². The van der Waals surface area contributed by atoms with E-state index in [0.717, 1.165) is 10.9 Å². The lowest BCUT2D eigenvalue weighted by molar-refractivity contribution is -0.134. The highest BCUT2D eigenvalue weighted by Gasteiger charge is 2.09. The number of aliphatic carboxylic acids is 2. The standard InChI is InChI=1S/C11H12ClFN2.C4H4O4/c1-7(14)6-15-5-4-8-10(15)3-2-9(13)11(8)12;5-3(6)1-2-4(7)8/h2-5,7H,6,14H2,1H3;1-2H,(H,5,6)(H,7,8)/t7-;/m1./s1. The fraction of sp³-hybridized carbons (Fsp3) is 0.200. The van der Waals surface area contributed by atoms with Gasteiger partial charge in [0.25, 0.3) is 0 Å². The molecule has 4 N–H and O–H groups in total. The number of carbonyl (C=O) groups is 2. The van der Waals surface area contributed by atoms with Crippen molar-refractivity contribution in [3.63, 3.8) is 0 Å². The molecule has 0 radical (unpaired) electrons. The number of halogens is 2. The maximum Gasteiger partial charge on any atom is 0.328 e. The Balaban J connectivity index is 0.000000284. The minimum Gasteiger partial charge on any atom is -0.478 e. The summed E-state index contributed by atoms with van der Waals surface area (Å²) < 4.78 is 15.1. The molecule has 0 bridgehead atoms. The Kier molecular flexibility index (Phi) is 6.74. The van der Waals surface area contributed by atoms with Crippen LogP contribution in [0.15, 0.2) is 36.5 Å². The number of carboxylic acid groups (broad SMARTS) is 2. The van der Waals surface area contributed by atoms with Crippen LogP contribution in [0.5, 0.6) is 0 Å². The van der Waals surface area contributed by atoms with Gasteiger partial charge in [0.2, 0.25) is 0 Å². The summed E-state index contributed by atoms with van der Waals surface area (Å²) in [7, 11) is 0. The molecule has 0 aliphatic heterocycles. The Labute approximate surface area is 136 Å². The van der Waals surface area contributed by atoms with Gasteiger partial charge in [0, 0.05) is 41.8 Å². The lowest BCUT2D eigenvalue weighted by Gasteiger charge is -2.08. The van der Waals surface area contributed by atoms with E-state index in [4.69, 9.17) is 27.5 Å². The summed E-state index contributed by atoms with van der Waals surface area (Å²) in [5, 5.41) is 16.5. The maximum atomic E-state index is 13.2. The summed E-state index contributed by atoms with van der Waals surface area (Å²) in [5.74, 6) is -2.90. The van der Waals surface area contributed by atoms with Crippen molar-refractivity contribution in [2.45, 2.75) is 19.5 Å². The fourth-order valence-electron chi connectivity index (χ4n) is 1.82. The average molecular weight is 343 g/mol. The van der Waals surface area contributed by atoms with Crippen molar-refractivity contribution < 1.29 is 24.2 Å². The molecule has 1 atom stereocenters. The molecule has 2 aromatic rings. The summed E-state index contributed by atoms with van der Waals surface area (Å²) in [5.41, 5.74) is 6.63. The zero-order chi connectivity index (χ0) is 17.6. The lowest BCUT2D eigenvalue weighted by Crippen LogP contribution is -2.21. The number of nitrogens with two attached hydrogens (primary N) is 1. The second-order valence-electron chi connectivity index (χ2n) is 4.75. The molecule has 0 fully saturated rings. The van der Waals surface area contributed by atoms with E-state index >= 15 is 0 Å². The van der Waals surface area contributed by atoms with Crippen molar-refractivity contribution in [1.82, 2.24) is 4.57 Å². The Morgan fingerprint density at radius 1 is 1.30 bits per heavy atom. The number of aromatic nitrogens is 1. The van der Waals surface area contributed by atoms with Gasteiger partial charge in [-0.1, -0.05) is 11.6 Å². The number of benzene rings is 1. The zero-order valence-corrected chi connectivity index (χ0v) is 13.0. The quantitative estimate of drug-likeness (QED) is 0.740. The molecule has 0 aliphatic carbocycles. The average Bonchev–Trinajstić information content (AvgIpc) is 2.84. The molecule has 124 valence electrons. The van der Waals surface area contributed by atoms with E-state index in [-0.39, 0.29) is 16.9 Å². The van der Waals surface area contributed by atoms with Crippen LogP contribution in [0.2, 0.25) is 5.02 Å². The van der Waals surface area contributed by atoms with E-state index < -0.39 is 11.9 Å². The van der Waals surface area contributed by atoms with Crippen LogP contribution in [0.4, 0.5) is 4.39 Å². The predicted molar refractivity (Wildman–Crippen MR) is 85.0 cm³/mol. The number of rotatable bonds is 4. The van der Waals surface area contributed by atoms with Crippen molar-refractivity contribution in [2.75, 3.05) is 0 Å². The van der Waals surface area contributed by atoms with Crippen LogP contribution in [-0.2, 0) is 16.1 Å². The normalized spacial score (nSPS) is 12.0. The molecular formula is C15H16ClFN2O4. The van der Waals surface area contributed by atoms with Gasteiger partial charge < -0.3 is 20.5 Å². The molecule has 0 amide bonds. The largest absolute Gasteiger partial charge is 0.478 e. The first kappa shape index (κ1) is 18.7. The van der Waals surface area contributed by atoms with Crippen LogP contribution in [0, 0.1) is 5.82 Å². The third kappa shape index (κ3) is 5.72. The molecule has 0 aliphatic rings. The number of nitrogens with zero attached hydrogens (tertiary/aromatic N) is 1. The topological polar surface area (TPSA) is 106 Å². The van der Waals surface area contributed by atoms with Gasteiger partial charge in [0.1, 0.15) is 5.82 Å². The summed E-state index contributed by atoms with van der Waals surface area (Å²) >= 11 is 5.86. The number of carboxylic acids is 2. The molecule has 0 spiro atoms. The molecular weight excluding hydrogens is 327 g/mol. The van der Waals surface area contributed by atoms with Crippen LogP contribution in [0.25, 0.3) is 10.9 Å². The number of fused-ring (bicyclic) bond motifs is 1. The molecule has 0 saturated carbocycles. The van der Waals surface area contributed by atoms with Crippen LogP contribution < -0.4 is 5.73 Å². The van der Waals surface area contributed by atoms with Crippen molar-refractivity contribution >= 4 is 34.4 Å². The summed E-state index contributed by atoms with van der Waals surface area (Å²) in [6.07, 6.45) is 2.99. The van der Waals surface area contributed by atoms with Gasteiger partial charge in [-0.2, -0.15) is 0 Å². The molecule has 0 saturated heterocycles. The maximum absolute atomic E-state index is 13.2. The van der Waals surface area contributed by atoms with Crippen molar-refractivity contribution in [2.24, 2.45) is 5.73 Å². The Hall–Kier alpha value is -2.38. The van der Waals surface area contributed by atoms with Gasteiger partial charge in [-0.05, 0) is 25.1 Å². The van der Waals surface area contributed by atoms with Crippen LogP contribution in [0.3, 0.4) is 0 Å². The van der Waals surface area contributed by atoms with Gasteiger partial charge in [-0.15, -0.1) is 0 Å². The monoisotopic (exact) mass is 342 g/mol. The Morgan fingerprint density at radius 3 is 2.35 bits per heavy atom. The minimum absolute atomic E-state index is 0.0597. The van der Waals surface area contributed by atoms with E-state index in [1.54, 1.807) is 6.07 Å². The summed E-state index contributed by atoms with van der Waals surface area (Å²) in [4.78, 5) is 19.1. The molecule has 23 heavy (non-hydrogen) atoms. The van der Waals surface area contributed by atoms with Gasteiger partial charge in [-0.3, -0.25) is 0 Å². The lowest BCUT2D eigenvalue weighted by atomic mass is 10.2. The summed E-state index contributed by atoms with van der Waals surface area (Å²) in [6.45, 7) is 2.63. The molecule has 0 unspecified atom stereocenters. The van der Waals surface area contributed by atoms with Gasteiger partial charge >= 0.3 is 11.9 Å². The van der Waals surface area contributed by atoms with E-state index in [1.165, 1.54) is 6.07 Å².